The van der Waals surface area contributed by atoms with E-state index in [1.165, 1.54) is 0 Å². The van der Waals surface area contributed by atoms with Gasteiger partial charge in [-0.15, -0.1) is 0 Å². The minimum Gasteiger partial charge on any atom is -0.483 e. The number of nitrogens with zero attached hydrogens (tertiary/aromatic N) is 4. The quantitative estimate of drug-likeness (QED) is 0.570. The molecule has 4 rings (SSSR count). The molecule has 3 heterocycles. The Labute approximate surface area is 186 Å². The summed E-state index contributed by atoms with van der Waals surface area (Å²) in [7, 11) is 5.26. The number of hydrogen-bond donors (Lipinski definition) is 3. The molecule has 0 saturated heterocycles. The van der Waals surface area contributed by atoms with Crippen molar-refractivity contribution < 1.29 is 19.7 Å². The van der Waals surface area contributed by atoms with Crippen LogP contribution in [0.25, 0.3) is 0 Å². The van der Waals surface area contributed by atoms with E-state index in [2.05, 4.69) is 20.3 Å². The summed E-state index contributed by atoms with van der Waals surface area (Å²) >= 11 is 6.64. The van der Waals surface area contributed by atoms with Gasteiger partial charge in [-0.25, -0.2) is 9.97 Å². The maximum atomic E-state index is 10.5. The molecule has 2 aliphatic rings. The Morgan fingerprint density at radius 3 is 2.71 bits per heavy atom. The van der Waals surface area contributed by atoms with E-state index >= 15 is 0 Å². The van der Waals surface area contributed by atoms with Crippen LogP contribution in [0.3, 0.4) is 0 Å². The monoisotopic (exact) mass is 449 g/mol. The van der Waals surface area contributed by atoms with Crippen LogP contribution in [0.5, 0.6) is 11.6 Å². The molecule has 0 spiro atoms. The number of ether oxygens (including phenoxy) is 2. The van der Waals surface area contributed by atoms with Crippen LogP contribution < -0.4 is 19.7 Å². The Hall–Kier alpha value is -2.36. The number of aliphatic hydroxyl groups is 2. The third-order valence-corrected chi connectivity index (χ3v) is 6.17. The van der Waals surface area contributed by atoms with Gasteiger partial charge < -0.3 is 29.9 Å². The highest BCUT2D eigenvalue weighted by Crippen LogP contribution is 2.44. The second-order valence-electron chi connectivity index (χ2n) is 8.36. The summed E-state index contributed by atoms with van der Waals surface area (Å²) in [6, 6.07) is 1.62. The Bertz CT molecular complexity index is 973. The average Bonchev–Trinajstić information content (AvgIpc) is 3.31. The second kappa shape index (κ2) is 8.64. The number of hydrogen-bond acceptors (Lipinski definition) is 9. The molecule has 9 nitrogen and oxygen atoms in total. The zero-order valence-corrected chi connectivity index (χ0v) is 18.8. The Morgan fingerprint density at radius 2 is 2.06 bits per heavy atom. The minimum atomic E-state index is -0.584. The Morgan fingerprint density at radius 1 is 1.29 bits per heavy atom. The van der Waals surface area contributed by atoms with Crippen molar-refractivity contribution in [3.05, 3.63) is 28.0 Å². The number of nitrogens with one attached hydrogen (secondary N) is 1. The predicted octanol–water partition coefficient (Wildman–Crippen LogP) is 2.13. The van der Waals surface area contributed by atoms with Gasteiger partial charge in [-0.3, -0.25) is 0 Å². The maximum absolute atomic E-state index is 10.5. The smallest absolute Gasteiger partial charge is 0.228 e. The summed E-state index contributed by atoms with van der Waals surface area (Å²) in [5, 5.41) is 23.6. The number of pyridine rings is 1. The number of fused-ring (bicyclic) bond motifs is 1. The highest BCUT2D eigenvalue weighted by molar-refractivity contribution is 6.30. The van der Waals surface area contributed by atoms with E-state index < -0.39 is 12.2 Å². The van der Waals surface area contributed by atoms with Crippen molar-refractivity contribution >= 4 is 23.4 Å². The van der Waals surface area contributed by atoms with Crippen LogP contribution in [0, 0.1) is 12.8 Å². The number of aliphatic hydroxyl groups excluding tert-OH is 2. The normalized spacial score (nSPS) is 24.6. The SMILES string of the molecule is COc1cc2c(c(C)n1)OC(c1c(Cl)nc(N(C)C)nc1N[C@@H]1C[C@H](CO)C[C@H]1O)C2. The first-order chi connectivity index (χ1) is 14.8. The van der Waals surface area contributed by atoms with E-state index in [0.717, 1.165) is 11.3 Å². The van der Waals surface area contributed by atoms with Crippen LogP contribution >= 0.6 is 11.6 Å². The van der Waals surface area contributed by atoms with Gasteiger partial charge in [0.1, 0.15) is 22.8 Å². The van der Waals surface area contributed by atoms with Crippen molar-refractivity contribution in [1.29, 1.82) is 0 Å². The standard InChI is InChI=1S/C21H28ClN5O4/c1-10-18-12(8-16(23-10)30-4)7-15(31-18)17-19(22)25-21(27(2)3)26-20(17)24-13-5-11(9-28)6-14(13)29/h8,11,13-15,28-29H,5-7,9H2,1-4H3,(H,24,25,26)/t11-,13+,14+,15?/m0/s1. The molecular formula is C21H28ClN5O4. The van der Waals surface area contributed by atoms with Gasteiger partial charge in [0.25, 0.3) is 0 Å². The molecule has 0 radical (unpaired) electrons. The molecule has 0 amide bonds. The maximum Gasteiger partial charge on any atom is 0.228 e. The number of halogens is 1. The zero-order chi connectivity index (χ0) is 22.3. The molecule has 0 aromatic carbocycles. The highest BCUT2D eigenvalue weighted by Gasteiger charge is 2.36. The van der Waals surface area contributed by atoms with Crippen LogP contribution in [0.2, 0.25) is 5.15 Å². The number of rotatable bonds is 6. The molecule has 10 heteroatoms. The summed E-state index contributed by atoms with van der Waals surface area (Å²) in [5.74, 6) is 2.29. The lowest BCUT2D eigenvalue weighted by molar-refractivity contribution is 0.156. The Balaban J connectivity index is 1.69. The van der Waals surface area contributed by atoms with Crippen LogP contribution in [0.1, 0.15) is 35.8 Å². The molecule has 31 heavy (non-hydrogen) atoms. The fourth-order valence-corrected chi connectivity index (χ4v) is 4.57. The van der Waals surface area contributed by atoms with E-state index in [0.29, 0.717) is 53.4 Å². The van der Waals surface area contributed by atoms with Crippen molar-refractivity contribution in [2.24, 2.45) is 5.92 Å². The molecule has 2 aromatic heterocycles. The van der Waals surface area contributed by atoms with Crippen molar-refractivity contribution in [2.45, 2.75) is 44.4 Å². The van der Waals surface area contributed by atoms with Crippen molar-refractivity contribution in [3.63, 3.8) is 0 Å². The third kappa shape index (κ3) is 4.22. The summed E-state index contributed by atoms with van der Waals surface area (Å²) in [4.78, 5) is 15.3. The molecule has 1 unspecified atom stereocenters. The average molecular weight is 450 g/mol. The molecule has 1 aliphatic heterocycles. The second-order valence-corrected chi connectivity index (χ2v) is 8.72. The molecule has 4 atom stereocenters. The van der Waals surface area contributed by atoms with E-state index in [-0.39, 0.29) is 18.6 Å². The van der Waals surface area contributed by atoms with Crippen molar-refractivity contribution in [1.82, 2.24) is 15.0 Å². The lowest BCUT2D eigenvalue weighted by Gasteiger charge is -2.24. The Kier molecular flexibility index (Phi) is 6.09. The lowest BCUT2D eigenvalue weighted by atomic mass is 10.0. The molecule has 1 saturated carbocycles. The summed E-state index contributed by atoms with van der Waals surface area (Å²) in [6.07, 6.45) is 0.765. The van der Waals surface area contributed by atoms with Crippen LogP contribution in [-0.4, -0.2) is 65.1 Å². The fourth-order valence-electron chi connectivity index (χ4n) is 4.28. The number of anilines is 2. The third-order valence-electron chi connectivity index (χ3n) is 5.89. The number of methoxy groups -OCH3 is 1. The van der Waals surface area contributed by atoms with Gasteiger partial charge in [0.2, 0.25) is 11.8 Å². The van der Waals surface area contributed by atoms with Gasteiger partial charge in [-0.05, 0) is 25.7 Å². The summed E-state index contributed by atoms with van der Waals surface area (Å²) in [5.41, 5.74) is 2.36. The topological polar surface area (TPSA) is 113 Å². The van der Waals surface area contributed by atoms with Gasteiger partial charge in [-0.1, -0.05) is 11.6 Å². The molecule has 168 valence electrons. The lowest BCUT2D eigenvalue weighted by Crippen LogP contribution is -2.30. The zero-order valence-electron chi connectivity index (χ0n) is 18.1. The molecule has 1 aliphatic carbocycles. The molecule has 0 bridgehead atoms. The molecule has 1 fully saturated rings. The summed E-state index contributed by atoms with van der Waals surface area (Å²) in [6.45, 7) is 1.92. The van der Waals surface area contributed by atoms with Gasteiger partial charge in [-0.2, -0.15) is 4.98 Å². The molecule has 3 N–H and O–H groups in total. The van der Waals surface area contributed by atoms with E-state index in [4.69, 9.17) is 21.1 Å². The highest BCUT2D eigenvalue weighted by atomic mass is 35.5. The van der Waals surface area contributed by atoms with Gasteiger partial charge in [0, 0.05) is 38.8 Å². The van der Waals surface area contributed by atoms with Gasteiger partial charge in [0.05, 0.1) is 30.5 Å². The first-order valence-corrected chi connectivity index (χ1v) is 10.7. The first kappa shape index (κ1) is 21.9. The minimum absolute atomic E-state index is 0.0464. The summed E-state index contributed by atoms with van der Waals surface area (Å²) < 4.78 is 11.5. The largest absolute Gasteiger partial charge is 0.483 e. The van der Waals surface area contributed by atoms with Crippen LogP contribution in [-0.2, 0) is 6.42 Å². The van der Waals surface area contributed by atoms with Crippen LogP contribution in [0.4, 0.5) is 11.8 Å². The van der Waals surface area contributed by atoms with E-state index in [1.54, 1.807) is 12.0 Å². The predicted molar refractivity (Wildman–Crippen MR) is 117 cm³/mol. The molecule has 2 aromatic rings. The number of aromatic nitrogens is 3. The van der Waals surface area contributed by atoms with Crippen LogP contribution in [0.15, 0.2) is 6.07 Å². The van der Waals surface area contributed by atoms with E-state index in [1.807, 2.05) is 27.1 Å². The van der Waals surface area contributed by atoms with Gasteiger partial charge in [0.15, 0.2) is 0 Å². The number of aryl methyl sites for hydroxylation is 1. The van der Waals surface area contributed by atoms with Crippen molar-refractivity contribution in [3.8, 4) is 11.6 Å². The van der Waals surface area contributed by atoms with E-state index in [9.17, 15) is 10.2 Å². The fraction of sp³-hybridized carbons (Fsp3) is 0.571. The van der Waals surface area contributed by atoms with Crippen molar-refractivity contribution in [2.75, 3.05) is 38.0 Å². The first-order valence-electron chi connectivity index (χ1n) is 10.3. The van der Waals surface area contributed by atoms with Gasteiger partial charge >= 0.3 is 0 Å². The molecular weight excluding hydrogens is 422 g/mol.